The molecule has 1 saturated carbocycles. The highest BCUT2D eigenvalue weighted by molar-refractivity contribution is 9.10. The molecule has 4 heteroatoms. The molecule has 1 fully saturated rings. The third-order valence-corrected chi connectivity index (χ3v) is 4.53. The Morgan fingerprint density at radius 3 is 2.76 bits per heavy atom. The van der Waals surface area contributed by atoms with Crippen LogP contribution in [-0.2, 0) is 0 Å². The normalized spacial score (nSPS) is 24.7. The minimum Gasteiger partial charge on any atom is -0.354 e. The van der Waals surface area contributed by atoms with Crippen LogP contribution in [0.2, 0.25) is 0 Å². The van der Waals surface area contributed by atoms with Crippen molar-refractivity contribution in [2.24, 2.45) is 0 Å². The number of rotatable bonds is 2. The quantitative estimate of drug-likeness (QED) is 0.762. The number of aromatic nitrogens is 1. The van der Waals surface area contributed by atoms with Crippen molar-refractivity contribution in [3.63, 3.8) is 0 Å². The Hall–Kier alpha value is -0.280. The second-order valence-corrected chi connectivity index (χ2v) is 6.21. The number of alkyl halides is 1. The van der Waals surface area contributed by atoms with Crippen LogP contribution in [0.15, 0.2) is 16.7 Å². The molecule has 0 amide bonds. The van der Waals surface area contributed by atoms with Gasteiger partial charge in [-0.25, -0.2) is 4.98 Å². The fourth-order valence-electron chi connectivity index (χ4n) is 2.45. The van der Waals surface area contributed by atoms with Crippen molar-refractivity contribution in [3.8, 4) is 0 Å². The molecule has 94 valence electrons. The predicted octanol–water partition coefficient (Wildman–Crippen LogP) is 4.14. The summed E-state index contributed by atoms with van der Waals surface area (Å²) in [6.45, 7) is 2.05. The standard InChI is InChI=1S/C13H18BrClN2/c1-9-7-10(14)13(16-8-9)17(2)12-6-4-3-5-11(12)15/h7-8,11-12H,3-6H2,1-2H3. The first-order valence-corrected chi connectivity index (χ1v) is 7.31. The van der Waals surface area contributed by atoms with Crippen LogP contribution in [0.5, 0.6) is 0 Å². The first-order chi connectivity index (χ1) is 8.09. The van der Waals surface area contributed by atoms with Gasteiger partial charge in [-0.05, 0) is 47.3 Å². The van der Waals surface area contributed by atoms with Crippen LogP contribution in [0.25, 0.3) is 0 Å². The topological polar surface area (TPSA) is 16.1 Å². The van der Waals surface area contributed by atoms with Crippen molar-refractivity contribution in [1.29, 1.82) is 0 Å². The third-order valence-electron chi connectivity index (χ3n) is 3.44. The predicted molar refractivity (Wildman–Crippen MR) is 77.0 cm³/mol. The maximum atomic E-state index is 6.43. The van der Waals surface area contributed by atoms with Gasteiger partial charge in [-0.2, -0.15) is 0 Å². The van der Waals surface area contributed by atoms with Gasteiger partial charge in [0.2, 0.25) is 0 Å². The number of halogens is 2. The molecule has 1 aliphatic carbocycles. The fraction of sp³-hybridized carbons (Fsp3) is 0.615. The van der Waals surface area contributed by atoms with E-state index in [1.165, 1.54) is 18.4 Å². The minimum atomic E-state index is 0.240. The number of anilines is 1. The Morgan fingerprint density at radius 1 is 1.41 bits per heavy atom. The van der Waals surface area contributed by atoms with Gasteiger partial charge in [-0.15, -0.1) is 11.6 Å². The zero-order chi connectivity index (χ0) is 12.4. The largest absolute Gasteiger partial charge is 0.354 e. The number of hydrogen-bond acceptors (Lipinski definition) is 2. The molecule has 0 spiro atoms. The summed E-state index contributed by atoms with van der Waals surface area (Å²) in [5, 5.41) is 0.240. The Morgan fingerprint density at radius 2 is 2.12 bits per heavy atom. The summed E-state index contributed by atoms with van der Waals surface area (Å²) >= 11 is 10.0. The number of aryl methyl sites for hydroxylation is 1. The van der Waals surface area contributed by atoms with E-state index < -0.39 is 0 Å². The molecule has 0 aliphatic heterocycles. The maximum absolute atomic E-state index is 6.43. The molecule has 0 radical (unpaired) electrons. The molecule has 1 aromatic heterocycles. The highest BCUT2D eigenvalue weighted by Crippen LogP contribution is 2.32. The Balaban J connectivity index is 2.20. The molecular formula is C13H18BrClN2. The summed E-state index contributed by atoms with van der Waals surface area (Å²) in [6, 6.07) is 2.50. The molecule has 0 aromatic carbocycles. The smallest absolute Gasteiger partial charge is 0.142 e. The van der Waals surface area contributed by atoms with Gasteiger partial charge in [-0.3, -0.25) is 0 Å². The second kappa shape index (κ2) is 5.57. The van der Waals surface area contributed by atoms with Gasteiger partial charge in [0.1, 0.15) is 5.82 Å². The van der Waals surface area contributed by atoms with E-state index >= 15 is 0 Å². The molecule has 2 nitrogen and oxygen atoms in total. The fourth-order valence-corrected chi connectivity index (χ4v) is 3.64. The lowest BCUT2D eigenvalue weighted by Crippen LogP contribution is -2.41. The van der Waals surface area contributed by atoms with Crippen molar-refractivity contribution < 1.29 is 0 Å². The highest BCUT2D eigenvalue weighted by Gasteiger charge is 2.28. The zero-order valence-electron chi connectivity index (χ0n) is 10.3. The van der Waals surface area contributed by atoms with Crippen LogP contribution in [0, 0.1) is 6.92 Å². The van der Waals surface area contributed by atoms with Crippen molar-refractivity contribution in [2.75, 3.05) is 11.9 Å². The van der Waals surface area contributed by atoms with Crippen LogP contribution in [-0.4, -0.2) is 23.5 Å². The molecule has 2 unspecified atom stereocenters. The van der Waals surface area contributed by atoms with E-state index in [0.29, 0.717) is 6.04 Å². The van der Waals surface area contributed by atoms with Crippen LogP contribution >= 0.6 is 27.5 Å². The van der Waals surface area contributed by atoms with E-state index in [0.717, 1.165) is 23.1 Å². The van der Waals surface area contributed by atoms with Crippen LogP contribution in [0.3, 0.4) is 0 Å². The number of nitrogens with zero attached hydrogens (tertiary/aromatic N) is 2. The Kier molecular flexibility index (Phi) is 4.31. The molecule has 0 saturated heterocycles. The van der Waals surface area contributed by atoms with Gasteiger partial charge in [0, 0.05) is 19.3 Å². The molecule has 1 aliphatic rings. The molecule has 0 N–H and O–H groups in total. The summed E-state index contributed by atoms with van der Waals surface area (Å²) in [7, 11) is 2.09. The summed E-state index contributed by atoms with van der Waals surface area (Å²) in [6.07, 6.45) is 6.69. The summed E-state index contributed by atoms with van der Waals surface area (Å²) in [5.41, 5.74) is 1.17. The third kappa shape index (κ3) is 2.94. The van der Waals surface area contributed by atoms with E-state index in [2.05, 4.69) is 38.9 Å². The van der Waals surface area contributed by atoms with Crippen LogP contribution < -0.4 is 4.90 Å². The number of hydrogen-bond donors (Lipinski definition) is 0. The lowest BCUT2D eigenvalue weighted by molar-refractivity contribution is 0.432. The highest BCUT2D eigenvalue weighted by atomic mass is 79.9. The molecule has 1 aromatic rings. The second-order valence-electron chi connectivity index (χ2n) is 4.80. The first kappa shape index (κ1) is 13.2. The van der Waals surface area contributed by atoms with Gasteiger partial charge in [0.25, 0.3) is 0 Å². The molecule has 2 rings (SSSR count). The average Bonchev–Trinajstić information content (AvgIpc) is 2.29. The summed E-state index contributed by atoms with van der Waals surface area (Å²) in [5.74, 6) is 0.994. The summed E-state index contributed by atoms with van der Waals surface area (Å²) in [4.78, 5) is 6.73. The molecule has 0 bridgehead atoms. The molecular weight excluding hydrogens is 300 g/mol. The lowest BCUT2D eigenvalue weighted by atomic mass is 9.94. The van der Waals surface area contributed by atoms with Gasteiger partial charge in [-0.1, -0.05) is 12.8 Å². The van der Waals surface area contributed by atoms with Crippen LogP contribution in [0.4, 0.5) is 5.82 Å². The van der Waals surface area contributed by atoms with E-state index in [-0.39, 0.29) is 5.38 Å². The zero-order valence-corrected chi connectivity index (χ0v) is 12.6. The first-order valence-electron chi connectivity index (χ1n) is 6.08. The van der Waals surface area contributed by atoms with Crippen molar-refractivity contribution in [3.05, 3.63) is 22.3 Å². The molecule has 17 heavy (non-hydrogen) atoms. The molecule has 1 heterocycles. The van der Waals surface area contributed by atoms with Crippen LogP contribution in [0.1, 0.15) is 31.2 Å². The minimum absolute atomic E-state index is 0.240. The molecule has 2 atom stereocenters. The van der Waals surface area contributed by atoms with E-state index in [4.69, 9.17) is 11.6 Å². The van der Waals surface area contributed by atoms with Gasteiger partial charge in [0.15, 0.2) is 0 Å². The van der Waals surface area contributed by atoms with Gasteiger partial charge in [0.05, 0.1) is 9.85 Å². The van der Waals surface area contributed by atoms with Gasteiger partial charge >= 0.3 is 0 Å². The number of pyridine rings is 1. The lowest BCUT2D eigenvalue weighted by Gasteiger charge is -2.36. The van der Waals surface area contributed by atoms with Crippen molar-refractivity contribution >= 4 is 33.3 Å². The van der Waals surface area contributed by atoms with E-state index in [1.54, 1.807) is 0 Å². The average molecular weight is 318 g/mol. The summed E-state index contributed by atoms with van der Waals surface area (Å²) < 4.78 is 1.05. The van der Waals surface area contributed by atoms with E-state index in [9.17, 15) is 0 Å². The maximum Gasteiger partial charge on any atom is 0.142 e. The van der Waals surface area contributed by atoms with Crippen molar-refractivity contribution in [2.45, 2.75) is 44.0 Å². The van der Waals surface area contributed by atoms with Gasteiger partial charge < -0.3 is 4.90 Å². The SMILES string of the molecule is Cc1cnc(N(C)C2CCCCC2Cl)c(Br)c1. The van der Waals surface area contributed by atoms with E-state index in [1.807, 2.05) is 13.1 Å². The Bertz CT molecular complexity index is 397. The Labute approximate surface area is 116 Å². The monoisotopic (exact) mass is 316 g/mol. The van der Waals surface area contributed by atoms with Crippen molar-refractivity contribution in [1.82, 2.24) is 4.98 Å².